The first kappa shape index (κ1) is 15.1. The number of halogens is 2. The van der Waals surface area contributed by atoms with E-state index < -0.39 is 11.6 Å². The highest BCUT2D eigenvalue weighted by molar-refractivity contribution is 5.21. The topological polar surface area (TPSA) is 42.2 Å². The maximum Gasteiger partial charge on any atom is 0.213 e. The van der Waals surface area contributed by atoms with Crippen molar-refractivity contribution in [1.29, 1.82) is 0 Å². The van der Waals surface area contributed by atoms with E-state index in [0.717, 1.165) is 44.4 Å². The van der Waals surface area contributed by atoms with Crippen LogP contribution in [0.3, 0.4) is 0 Å². The highest BCUT2D eigenvalue weighted by Gasteiger charge is 2.24. The predicted molar refractivity (Wildman–Crippen MR) is 77.5 cm³/mol. The molecule has 3 rings (SSSR count). The van der Waals surface area contributed by atoms with Crippen molar-refractivity contribution in [2.24, 2.45) is 0 Å². The summed E-state index contributed by atoms with van der Waals surface area (Å²) in [5.41, 5.74) is 0.706. The quantitative estimate of drug-likeness (QED) is 0.869. The maximum atomic E-state index is 13.3. The van der Waals surface area contributed by atoms with Crippen molar-refractivity contribution < 1.29 is 13.3 Å². The lowest BCUT2D eigenvalue weighted by molar-refractivity contribution is 0.199. The zero-order valence-electron chi connectivity index (χ0n) is 12.5. The molecule has 0 saturated carbocycles. The van der Waals surface area contributed by atoms with Gasteiger partial charge in [-0.1, -0.05) is 12.1 Å². The standard InChI is InChI=1S/C16H19F2N3O/c1-11(13-6-14(17)8-15(18)7-13)9-21-4-2-12(3-5-21)16-19-10-22-20-16/h6-8,10-12H,2-5,9H2,1H3. The van der Waals surface area contributed by atoms with Crippen LogP contribution in [-0.4, -0.2) is 34.7 Å². The van der Waals surface area contributed by atoms with Gasteiger partial charge >= 0.3 is 0 Å². The number of piperidine rings is 1. The molecular weight excluding hydrogens is 288 g/mol. The summed E-state index contributed by atoms with van der Waals surface area (Å²) in [5.74, 6) is 0.180. The van der Waals surface area contributed by atoms with E-state index in [1.807, 2.05) is 6.92 Å². The molecule has 2 aromatic rings. The van der Waals surface area contributed by atoms with Crippen molar-refractivity contribution in [3.63, 3.8) is 0 Å². The van der Waals surface area contributed by atoms with Gasteiger partial charge in [-0.25, -0.2) is 8.78 Å². The Bertz CT molecular complexity index is 590. The summed E-state index contributed by atoms with van der Waals surface area (Å²) >= 11 is 0. The fourth-order valence-electron chi connectivity index (χ4n) is 3.08. The normalized spacial score (nSPS) is 18.5. The molecule has 0 radical (unpaired) electrons. The Kier molecular flexibility index (Phi) is 4.47. The van der Waals surface area contributed by atoms with E-state index in [1.54, 1.807) is 0 Å². The number of aromatic nitrogens is 2. The number of benzene rings is 1. The lowest BCUT2D eigenvalue weighted by Crippen LogP contribution is -2.35. The number of hydrogen-bond donors (Lipinski definition) is 0. The summed E-state index contributed by atoms with van der Waals surface area (Å²) in [6.07, 6.45) is 3.32. The third kappa shape index (κ3) is 3.50. The molecule has 0 bridgehead atoms. The van der Waals surface area contributed by atoms with E-state index in [0.29, 0.717) is 11.5 Å². The summed E-state index contributed by atoms with van der Waals surface area (Å²) in [5, 5.41) is 3.90. The van der Waals surface area contributed by atoms with Gasteiger partial charge in [-0.2, -0.15) is 4.98 Å². The summed E-state index contributed by atoms with van der Waals surface area (Å²) in [7, 11) is 0. The highest BCUT2D eigenvalue weighted by atomic mass is 19.1. The van der Waals surface area contributed by atoms with E-state index in [2.05, 4.69) is 15.0 Å². The maximum absolute atomic E-state index is 13.3. The third-order valence-electron chi connectivity index (χ3n) is 4.32. The predicted octanol–water partition coefficient (Wildman–Crippen LogP) is 3.33. The lowest BCUT2D eigenvalue weighted by atomic mass is 9.94. The summed E-state index contributed by atoms with van der Waals surface area (Å²) < 4.78 is 31.4. The molecular formula is C16H19F2N3O. The fraction of sp³-hybridized carbons (Fsp3) is 0.500. The minimum absolute atomic E-state index is 0.0897. The Labute approximate surface area is 128 Å². The second-order valence-electron chi connectivity index (χ2n) is 5.97. The fourth-order valence-corrected chi connectivity index (χ4v) is 3.08. The molecule has 1 aromatic heterocycles. The average molecular weight is 307 g/mol. The van der Waals surface area contributed by atoms with Gasteiger partial charge in [0, 0.05) is 18.5 Å². The van der Waals surface area contributed by atoms with Crippen molar-refractivity contribution in [3.05, 3.63) is 47.6 Å². The second-order valence-corrected chi connectivity index (χ2v) is 5.97. The number of rotatable bonds is 4. The molecule has 1 aliphatic rings. The van der Waals surface area contributed by atoms with Gasteiger partial charge in [-0.3, -0.25) is 0 Å². The van der Waals surface area contributed by atoms with Crippen molar-refractivity contribution in [2.45, 2.75) is 31.6 Å². The van der Waals surface area contributed by atoms with Gasteiger partial charge in [0.15, 0.2) is 5.82 Å². The summed E-state index contributed by atoms with van der Waals surface area (Å²) in [6.45, 7) is 4.66. The molecule has 0 N–H and O–H groups in total. The van der Waals surface area contributed by atoms with Crippen LogP contribution in [0.4, 0.5) is 8.78 Å². The first-order chi connectivity index (χ1) is 10.6. The summed E-state index contributed by atoms with van der Waals surface area (Å²) in [6, 6.07) is 3.74. The zero-order chi connectivity index (χ0) is 15.5. The van der Waals surface area contributed by atoms with Gasteiger partial charge in [-0.05, 0) is 49.5 Å². The Morgan fingerprint density at radius 1 is 1.23 bits per heavy atom. The Hall–Kier alpha value is -1.82. The van der Waals surface area contributed by atoms with Gasteiger partial charge in [0.2, 0.25) is 6.39 Å². The molecule has 2 heterocycles. The molecule has 0 spiro atoms. The van der Waals surface area contributed by atoms with Crippen LogP contribution in [0.2, 0.25) is 0 Å². The largest absolute Gasteiger partial charge is 0.343 e. The molecule has 0 amide bonds. The number of nitrogens with zero attached hydrogens (tertiary/aromatic N) is 3. The van der Waals surface area contributed by atoms with Gasteiger partial charge in [0.05, 0.1) is 0 Å². The molecule has 1 aliphatic heterocycles. The van der Waals surface area contributed by atoms with Crippen molar-refractivity contribution >= 4 is 0 Å². The number of hydrogen-bond acceptors (Lipinski definition) is 4. The van der Waals surface area contributed by atoms with E-state index in [-0.39, 0.29) is 5.92 Å². The summed E-state index contributed by atoms with van der Waals surface area (Å²) in [4.78, 5) is 6.44. The van der Waals surface area contributed by atoms with Crippen LogP contribution in [0.5, 0.6) is 0 Å². The SMILES string of the molecule is CC(CN1CCC(c2ncon2)CC1)c1cc(F)cc(F)c1. The first-order valence-electron chi connectivity index (χ1n) is 7.56. The van der Waals surface area contributed by atoms with E-state index in [1.165, 1.54) is 18.5 Å². The van der Waals surface area contributed by atoms with Gasteiger partial charge in [0.1, 0.15) is 11.6 Å². The van der Waals surface area contributed by atoms with Crippen molar-refractivity contribution in [2.75, 3.05) is 19.6 Å². The molecule has 1 saturated heterocycles. The van der Waals surface area contributed by atoms with Gasteiger partial charge in [0.25, 0.3) is 0 Å². The molecule has 1 unspecified atom stereocenters. The van der Waals surface area contributed by atoms with Crippen LogP contribution in [0.15, 0.2) is 29.1 Å². The van der Waals surface area contributed by atoms with Gasteiger partial charge < -0.3 is 9.42 Å². The number of likely N-dealkylation sites (tertiary alicyclic amines) is 1. The average Bonchev–Trinajstić information content (AvgIpc) is 3.01. The molecule has 4 nitrogen and oxygen atoms in total. The van der Waals surface area contributed by atoms with Crippen LogP contribution in [-0.2, 0) is 0 Å². The zero-order valence-corrected chi connectivity index (χ0v) is 12.5. The van der Waals surface area contributed by atoms with Crippen LogP contribution in [0.1, 0.15) is 43.0 Å². The van der Waals surface area contributed by atoms with E-state index in [4.69, 9.17) is 4.52 Å². The molecule has 22 heavy (non-hydrogen) atoms. The molecule has 118 valence electrons. The minimum atomic E-state index is -0.516. The molecule has 0 aliphatic carbocycles. The third-order valence-corrected chi connectivity index (χ3v) is 4.32. The van der Waals surface area contributed by atoms with Crippen LogP contribution >= 0.6 is 0 Å². The minimum Gasteiger partial charge on any atom is -0.343 e. The second kappa shape index (κ2) is 6.52. The van der Waals surface area contributed by atoms with Crippen LogP contribution in [0, 0.1) is 11.6 Å². The van der Waals surface area contributed by atoms with E-state index >= 15 is 0 Å². The monoisotopic (exact) mass is 307 g/mol. The Balaban J connectivity index is 1.56. The lowest BCUT2D eigenvalue weighted by Gasteiger charge is -2.32. The van der Waals surface area contributed by atoms with Crippen LogP contribution < -0.4 is 0 Å². The highest BCUT2D eigenvalue weighted by Crippen LogP contribution is 2.27. The van der Waals surface area contributed by atoms with Gasteiger partial charge in [-0.15, -0.1) is 0 Å². The van der Waals surface area contributed by atoms with E-state index in [9.17, 15) is 8.78 Å². The smallest absolute Gasteiger partial charge is 0.213 e. The van der Waals surface area contributed by atoms with Crippen LogP contribution in [0.25, 0.3) is 0 Å². The van der Waals surface area contributed by atoms with Crippen molar-refractivity contribution in [3.8, 4) is 0 Å². The molecule has 6 heteroatoms. The first-order valence-corrected chi connectivity index (χ1v) is 7.56. The Morgan fingerprint density at radius 3 is 2.50 bits per heavy atom. The molecule has 1 fully saturated rings. The van der Waals surface area contributed by atoms with Crippen molar-refractivity contribution in [1.82, 2.24) is 15.0 Å². The molecule has 1 aromatic carbocycles. The Morgan fingerprint density at radius 2 is 1.91 bits per heavy atom. The molecule has 1 atom stereocenters.